The van der Waals surface area contributed by atoms with Gasteiger partial charge in [-0.1, -0.05) is 30.3 Å². The number of methoxy groups -OCH3 is 2. The number of carbonyl (C=O) groups is 2. The van der Waals surface area contributed by atoms with Crippen LogP contribution in [0.3, 0.4) is 0 Å². The molecule has 2 aromatic rings. The summed E-state index contributed by atoms with van der Waals surface area (Å²) in [6.07, 6.45) is -1.40. The van der Waals surface area contributed by atoms with E-state index in [1.165, 1.54) is 14.2 Å². The fourth-order valence-corrected chi connectivity index (χ4v) is 2.63. The van der Waals surface area contributed by atoms with Crippen molar-refractivity contribution in [1.29, 1.82) is 0 Å². The van der Waals surface area contributed by atoms with Crippen molar-refractivity contribution in [3.05, 3.63) is 59.7 Å². The smallest absolute Gasteiger partial charge is 0.255 e. The Kier molecular flexibility index (Phi) is 6.57. The lowest BCUT2D eigenvalue weighted by atomic mass is 9.99. The summed E-state index contributed by atoms with van der Waals surface area (Å²) in [5, 5.41) is 12.8. The third-order valence-electron chi connectivity index (χ3n) is 3.97. The van der Waals surface area contributed by atoms with Gasteiger partial charge in [0.1, 0.15) is 11.5 Å². The van der Waals surface area contributed by atoms with Gasteiger partial charge in [0.05, 0.1) is 25.8 Å². The summed E-state index contributed by atoms with van der Waals surface area (Å²) >= 11 is 0. The number of aliphatic hydroxyl groups excluding tert-OH is 1. The van der Waals surface area contributed by atoms with Crippen LogP contribution in [0.15, 0.2) is 48.5 Å². The number of hydrogen-bond acceptors (Lipinski definition) is 5. The van der Waals surface area contributed by atoms with Crippen LogP contribution in [0.2, 0.25) is 0 Å². The number of benzene rings is 2. The molecule has 2 aromatic carbocycles. The van der Waals surface area contributed by atoms with Gasteiger partial charge in [-0.15, -0.1) is 0 Å². The van der Waals surface area contributed by atoms with Crippen LogP contribution < -0.4 is 20.5 Å². The van der Waals surface area contributed by atoms with Crippen molar-refractivity contribution in [2.75, 3.05) is 14.2 Å². The van der Waals surface area contributed by atoms with Crippen LogP contribution in [-0.2, 0) is 11.2 Å². The van der Waals surface area contributed by atoms with Gasteiger partial charge in [0.2, 0.25) is 5.91 Å². The van der Waals surface area contributed by atoms with Crippen molar-refractivity contribution >= 4 is 11.8 Å². The molecule has 0 unspecified atom stereocenters. The summed E-state index contributed by atoms with van der Waals surface area (Å²) in [5.74, 6) is -0.441. The van der Waals surface area contributed by atoms with E-state index in [2.05, 4.69) is 5.32 Å². The molecule has 7 heteroatoms. The van der Waals surface area contributed by atoms with E-state index in [9.17, 15) is 14.7 Å². The molecular weight excluding hydrogens is 336 g/mol. The molecule has 26 heavy (non-hydrogen) atoms. The number of para-hydroxylation sites is 2. The summed E-state index contributed by atoms with van der Waals surface area (Å²) in [4.78, 5) is 24.1. The average molecular weight is 358 g/mol. The van der Waals surface area contributed by atoms with E-state index in [0.29, 0.717) is 11.5 Å². The lowest BCUT2D eigenvalue weighted by molar-refractivity contribution is -0.127. The Balaban J connectivity index is 2.27. The van der Waals surface area contributed by atoms with Crippen LogP contribution in [0.5, 0.6) is 11.5 Å². The van der Waals surface area contributed by atoms with Gasteiger partial charge < -0.3 is 25.6 Å². The number of ether oxygens (including phenoxy) is 2. The zero-order chi connectivity index (χ0) is 19.1. The Bertz CT molecular complexity index is 778. The van der Waals surface area contributed by atoms with E-state index in [4.69, 9.17) is 15.2 Å². The third-order valence-corrected chi connectivity index (χ3v) is 3.97. The molecular formula is C19H22N2O5. The van der Waals surface area contributed by atoms with Crippen LogP contribution in [0.25, 0.3) is 0 Å². The van der Waals surface area contributed by atoms with Gasteiger partial charge in [-0.05, 0) is 30.2 Å². The topological polar surface area (TPSA) is 111 Å². The summed E-state index contributed by atoms with van der Waals surface area (Å²) in [5.41, 5.74) is 6.25. The SMILES string of the molecule is COc1ccccc1C[C@H](NC(=O)c1ccccc1OC)[C@@H](O)C(N)=O. The molecule has 0 fully saturated rings. The Morgan fingerprint density at radius 1 is 1.04 bits per heavy atom. The summed E-state index contributed by atoms with van der Waals surface area (Å²) in [7, 11) is 2.97. The van der Waals surface area contributed by atoms with Crippen LogP contribution in [0.4, 0.5) is 0 Å². The molecule has 2 rings (SSSR count). The first-order chi connectivity index (χ1) is 12.5. The number of primary amides is 1. The van der Waals surface area contributed by atoms with Gasteiger partial charge in [-0.3, -0.25) is 9.59 Å². The molecule has 0 heterocycles. The highest BCUT2D eigenvalue weighted by Gasteiger charge is 2.28. The van der Waals surface area contributed by atoms with E-state index in [-0.39, 0.29) is 12.0 Å². The highest BCUT2D eigenvalue weighted by Crippen LogP contribution is 2.21. The van der Waals surface area contributed by atoms with E-state index in [1.54, 1.807) is 48.5 Å². The number of carbonyl (C=O) groups excluding carboxylic acids is 2. The zero-order valence-corrected chi connectivity index (χ0v) is 14.6. The van der Waals surface area contributed by atoms with E-state index < -0.39 is 24.0 Å². The second-order valence-electron chi connectivity index (χ2n) is 5.64. The van der Waals surface area contributed by atoms with E-state index in [1.807, 2.05) is 0 Å². The van der Waals surface area contributed by atoms with Crippen molar-refractivity contribution in [2.45, 2.75) is 18.6 Å². The second-order valence-corrected chi connectivity index (χ2v) is 5.64. The van der Waals surface area contributed by atoms with Gasteiger partial charge in [0.25, 0.3) is 5.91 Å². The van der Waals surface area contributed by atoms with Crippen molar-refractivity contribution in [1.82, 2.24) is 5.32 Å². The van der Waals surface area contributed by atoms with Crippen LogP contribution in [-0.4, -0.2) is 43.3 Å². The molecule has 0 saturated heterocycles. The maximum Gasteiger partial charge on any atom is 0.255 e. The third kappa shape index (κ3) is 4.52. The van der Waals surface area contributed by atoms with Crippen molar-refractivity contribution < 1.29 is 24.2 Å². The van der Waals surface area contributed by atoms with Crippen molar-refractivity contribution in [3.63, 3.8) is 0 Å². The summed E-state index contributed by atoms with van der Waals surface area (Å²) in [6, 6.07) is 12.9. The molecule has 2 atom stereocenters. The highest BCUT2D eigenvalue weighted by atomic mass is 16.5. The molecule has 4 N–H and O–H groups in total. The second kappa shape index (κ2) is 8.87. The van der Waals surface area contributed by atoms with Gasteiger partial charge in [-0.2, -0.15) is 0 Å². The average Bonchev–Trinajstić information content (AvgIpc) is 2.66. The lowest BCUT2D eigenvalue weighted by Crippen LogP contribution is -2.50. The Hall–Kier alpha value is -3.06. The standard InChI is InChI=1S/C19H22N2O5/c1-25-15-9-5-3-7-12(15)11-14(17(22)18(20)23)21-19(24)13-8-4-6-10-16(13)26-2/h3-10,14,17,22H,11H2,1-2H3,(H2,20,23)(H,21,24)/t14-,17+/m0/s1. The normalized spacial score (nSPS) is 12.7. The molecule has 7 nitrogen and oxygen atoms in total. The molecule has 0 spiro atoms. The first kappa shape index (κ1) is 19.3. The summed E-state index contributed by atoms with van der Waals surface area (Å²) < 4.78 is 10.5. The monoisotopic (exact) mass is 358 g/mol. The van der Waals surface area contributed by atoms with Gasteiger partial charge in [0.15, 0.2) is 6.10 Å². The number of nitrogens with two attached hydrogens (primary N) is 1. The quantitative estimate of drug-likeness (QED) is 0.649. The molecule has 0 aliphatic heterocycles. The number of nitrogens with one attached hydrogen (secondary N) is 1. The van der Waals surface area contributed by atoms with E-state index in [0.717, 1.165) is 5.56 Å². The predicted octanol–water partition coefficient (Wildman–Crippen LogP) is 0.891. The van der Waals surface area contributed by atoms with Gasteiger partial charge >= 0.3 is 0 Å². The fourth-order valence-electron chi connectivity index (χ4n) is 2.63. The minimum atomic E-state index is -1.56. The molecule has 2 amide bonds. The van der Waals surface area contributed by atoms with Crippen LogP contribution in [0, 0.1) is 0 Å². The van der Waals surface area contributed by atoms with Gasteiger partial charge in [0, 0.05) is 0 Å². The molecule has 0 saturated carbocycles. The first-order valence-electron chi connectivity index (χ1n) is 8.01. The maximum atomic E-state index is 12.6. The molecule has 138 valence electrons. The molecule has 0 bridgehead atoms. The van der Waals surface area contributed by atoms with Crippen molar-refractivity contribution in [3.8, 4) is 11.5 Å². The first-order valence-corrected chi connectivity index (χ1v) is 8.01. The van der Waals surface area contributed by atoms with Crippen LogP contribution in [0.1, 0.15) is 15.9 Å². The number of aliphatic hydroxyl groups is 1. The van der Waals surface area contributed by atoms with E-state index >= 15 is 0 Å². The molecule has 0 radical (unpaired) electrons. The number of amides is 2. The Morgan fingerprint density at radius 3 is 2.23 bits per heavy atom. The summed E-state index contributed by atoms with van der Waals surface area (Å²) in [6.45, 7) is 0. The largest absolute Gasteiger partial charge is 0.496 e. The number of hydrogen-bond donors (Lipinski definition) is 3. The predicted molar refractivity (Wildman–Crippen MR) is 96.1 cm³/mol. The minimum absolute atomic E-state index is 0.162. The molecule has 0 aliphatic rings. The van der Waals surface area contributed by atoms with Gasteiger partial charge in [-0.25, -0.2) is 0 Å². The Morgan fingerprint density at radius 2 is 1.62 bits per heavy atom. The zero-order valence-electron chi connectivity index (χ0n) is 14.6. The fraction of sp³-hybridized carbons (Fsp3) is 0.263. The number of rotatable bonds is 8. The Labute approximate surface area is 151 Å². The lowest BCUT2D eigenvalue weighted by Gasteiger charge is -2.23. The molecule has 0 aromatic heterocycles. The minimum Gasteiger partial charge on any atom is -0.496 e. The highest BCUT2D eigenvalue weighted by molar-refractivity contribution is 5.97. The maximum absolute atomic E-state index is 12.6. The van der Waals surface area contributed by atoms with Crippen LogP contribution >= 0.6 is 0 Å². The van der Waals surface area contributed by atoms with Crippen molar-refractivity contribution in [2.24, 2.45) is 5.73 Å². The molecule has 0 aliphatic carbocycles.